The molecule has 11 aromatic rings. The summed E-state index contributed by atoms with van der Waals surface area (Å²) < 4.78 is 2.64. The second kappa shape index (κ2) is 11.9. The minimum absolute atomic E-state index is 0.650. The molecule has 0 aliphatic heterocycles. The van der Waals surface area contributed by atoms with Gasteiger partial charge in [0.05, 0.1) is 0 Å². The number of fused-ring (bicyclic) bond motifs is 10. The molecule has 0 radical (unpaired) electrons. The van der Waals surface area contributed by atoms with Crippen molar-refractivity contribution in [2.75, 3.05) is 0 Å². The van der Waals surface area contributed by atoms with Crippen molar-refractivity contribution in [2.24, 2.45) is 0 Å². The summed E-state index contributed by atoms with van der Waals surface area (Å²) in [7, 11) is 0. The standard InChI is InChI=1S/C49H29N3S/c1-3-12-33(13-4-1)47-50-48(34-14-5-2-6-15-34)52-49(51-47)45-37-16-8-7-11-30(37)23-26-39(45)36-24-27-38-35(29-36)22-21-31-19-20-32-25-28-42-46(44(32)43(31)38)40-17-9-10-18-41(40)53-42/h1-29H. The molecule has 9 aromatic carbocycles. The molecule has 4 heteroatoms. The molecule has 0 saturated heterocycles. The Labute approximate surface area is 309 Å². The zero-order valence-electron chi connectivity index (χ0n) is 28.5. The Kier molecular flexibility index (Phi) is 6.73. The first-order valence-electron chi connectivity index (χ1n) is 17.9. The molecule has 0 fully saturated rings. The first-order valence-corrected chi connectivity index (χ1v) is 18.7. The first-order chi connectivity index (χ1) is 26.3. The van der Waals surface area contributed by atoms with E-state index in [-0.39, 0.29) is 0 Å². The van der Waals surface area contributed by atoms with E-state index < -0.39 is 0 Å². The predicted octanol–water partition coefficient (Wildman–Crippen LogP) is 13.5. The maximum absolute atomic E-state index is 5.20. The van der Waals surface area contributed by atoms with E-state index in [2.05, 4.69) is 140 Å². The molecular formula is C49H29N3S. The molecule has 0 aliphatic carbocycles. The van der Waals surface area contributed by atoms with Crippen molar-refractivity contribution in [3.8, 4) is 45.3 Å². The average molecular weight is 692 g/mol. The van der Waals surface area contributed by atoms with Crippen LogP contribution in [0.3, 0.4) is 0 Å². The minimum atomic E-state index is 0.650. The molecule has 0 saturated carbocycles. The van der Waals surface area contributed by atoms with Crippen LogP contribution < -0.4 is 0 Å². The summed E-state index contributed by atoms with van der Waals surface area (Å²) in [6, 6.07) is 62.7. The van der Waals surface area contributed by atoms with Crippen LogP contribution in [0.25, 0.3) is 109 Å². The number of nitrogens with zero attached hydrogens (tertiary/aromatic N) is 3. The topological polar surface area (TPSA) is 38.7 Å². The summed E-state index contributed by atoms with van der Waals surface area (Å²) in [5.74, 6) is 1.95. The van der Waals surface area contributed by atoms with Gasteiger partial charge in [0.15, 0.2) is 17.5 Å². The quantitative estimate of drug-likeness (QED) is 0.172. The number of thiophene rings is 1. The Morgan fingerprint density at radius 3 is 1.66 bits per heavy atom. The van der Waals surface area contributed by atoms with Gasteiger partial charge in [-0.2, -0.15) is 0 Å². The summed E-state index contributed by atoms with van der Waals surface area (Å²) in [6.07, 6.45) is 0. The van der Waals surface area contributed by atoms with Crippen LogP contribution in [-0.2, 0) is 0 Å². The third kappa shape index (κ3) is 4.84. The number of benzene rings is 9. The summed E-state index contributed by atoms with van der Waals surface area (Å²) in [5.41, 5.74) is 5.10. The van der Waals surface area contributed by atoms with Crippen molar-refractivity contribution in [3.05, 3.63) is 176 Å². The van der Waals surface area contributed by atoms with Crippen LogP contribution in [0.5, 0.6) is 0 Å². The van der Waals surface area contributed by atoms with Gasteiger partial charge in [0.1, 0.15) is 0 Å². The van der Waals surface area contributed by atoms with E-state index in [1.165, 1.54) is 52.5 Å². The maximum Gasteiger partial charge on any atom is 0.165 e. The fourth-order valence-electron chi connectivity index (χ4n) is 8.03. The summed E-state index contributed by atoms with van der Waals surface area (Å²) in [4.78, 5) is 15.4. The van der Waals surface area contributed by atoms with Gasteiger partial charge >= 0.3 is 0 Å². The number of hydrogen-bond acceptors (Lipinski definition) is 4. The Bertz CT molecular complexity index is 3160. The highest BCUT2D eigenvalue weighted by Gasteiger charge is 2.20. The summed E-state index contributed by atoms with van der Waals surface area (Å²) in [6.45, 7) is 0. The van der Waals surface area contributed by atoms with E-state index in [1.807, 2.05) is 47.7 Å². The van der Waals surface area contributed by atoms with Crippen molar-refractivity contribution in [3.63, 3.8) is 0 Å². The molecule has 0 spiro atoms. The number of aromatic nitrogens is 3. The molecule has 2 heterocycles. The molecule has 11 rings (SSSR count). The van der Waals surface area contributed by atoms with Gasteiger partial charge in [0.2, 0.25) is 0 Å². The van der Waals surface area contributed by atoms with E-state index in [9.17, 15) is 0 Å². The normalized spacial score (nSPS) is 11.8. The van der Waals surface area contributed by atoms with Gasteiger partial charge in [-0.1, -0.05) is 158 Å². The van der Waals surface area contributed by atoms with Gasteiger partial charge in [-0.15, -0.1) is 11.3 Å². The fraction of sp³-hybridized carbons (Fsp3) is 0. The lowest BCUT2D eigenvalue weighted by molar-refractivity contribution is 1.08. The first kappa shape index (κ1) is 29.9. The zero-order chi connectivity index (χ0) is 34.9. The lowest BCUT2D eigenvalue weighted by Gasteiger charge is -2.16. The van der Waals surface area contributed by atoms with Gasteiger partial charge in [0, 0.05) is 36.9 Å². The van der Waals surface area contributed by atoms with E-state index in [1.54, 1.807) is 0 Å². The highest BCUT2D eigenvalue weighted by atomic mass is 32.1. The monoisotopic (exact) mass is 691 g/mol. The Morgan fingerprint density at radius 1 is 0.321 bits per heavy atom. The van der Waals surface area contributed by atoms with Crippen LogP contribution in [0.1, 0.15) is 0 Å². The second-order valence-electron chi connectivity index (χ2n) is 13.5. The van der Waals surface area contributed by atoms with Crippen molar-refractivity contribution in [1.82, 2.24) is 15.0 Å². The highest BCUT2D eigenvalue weighted by molar-refractivity contribution is 7.26. The lowest BCUT2D eigenvalue weighted by atomic mass is 9.90. The molecule has 246 valence electrons. The number of rotatable bonds is 4. The molecule has 0 aliphatic rings. The fourth-order valence-corrected chi connectivity index (χ4v) is 9.14. The molecule has 0 amide bonds. The molecule has 53 heavy (non-hydrogen) atoms. The van der Waals surface area contributed by atoms with Crippen LogP contribution in [0.4, 0.5) is 0 Å². The molecule has 3 nitrogen and oxygen atoms in total. The van der Waals surface area contributed by atoms with Gasteiger partial charge in [0.25, 0.3) is 0 Å². The van der Waals surface area contributed by atoms with Crippen LogP contribution in [0.15, 0.2) is 176 Å². The molecule has 2 aromatic heterocycles. The largest absolute Gasteiger partial charge is 0.208 e. The maximum atomic E-state index is 5.20. The van der Waals surface area contributed by atoms with Crippen LogP contribution in [0, 0.1) is 0 Å². The van der Waals surface area contributed by atoms with Gasteiger partial charge < -0.3 is 0 Å². The van der Waals surface area contributed by atoms with Crippen molar-refractivity contribution < 1.29 is 0 Å². The van der Waals surface area contributed by atoms with Crippen molar-refractivity contribution >= 4 is 74.6 Å². The molecular weight excluding hydrogens is 663 g/mol. The summed E-state index contributed by atoms with van der Waals surface area (Å²) in [5, 5.41) is 12.5. The lowest BCUT2D eigenvalue weighted by Crippen LogP contribution is -2.01. The zero-order valence-corrected chi connectivity index (χ0v) is 29.3. The van der Waals surface area contributed by atoms with Gasteiger partial charge in [-0.3, -0.25) is 0 Å². The SMILES string of the molecule is c1ccc(-c2nc(-c3ccccc3)nc(-c3c(-c4ccc5c(ccc6ccc7ccc8sc9ccccc9c8c7c65)c4)ccc4ccccc34)n2)cc1. The van der Waals surface area contributed by atoms with Gasteiger partial charge in [-0.05, 0) is 72.4 Å². The van der Waals surface area contributed by atoms with Crippen molar-refractivity contribution in [2.45, 2.75) is 0 Å². The Hall–Kier alpha value is -6.75. The highest BCUT2D eigenvalue weighted by Crippen LogP contribution is 2.44. The van der Waals surface area contributed by atoms with E-state index in [0.717, 1.165) is 38.6 Å². The van der Waals surface area contributed by atoms with Gasteiger partial charge in [-0.25, -0.2) is 15.0 Å². The molecule has 0 N–H and O–H groups in total. The van der Waals surface area contributed by atoms with Crippen molar-refractivity contribution in [1.29, 1.82) is 0 Å². The van der Waals surface area contributed by atoms with E-state index >= 15 is 0 Å². The predicted molar refractivity (Wildman–Crippen MR) is 224 cm³/mol. The van der Waals surface area contributed by atoms with E-state index in [4.69, 9.17) is 15.0 Å². The number of hydrogen-bond donors (Lipinski definition) is 0. The third-order valence-electron chi connectivity index (χ3n) is 10.5. The second-order valence-corrected chi connectivity index (χ2v) is 14.6. The van der Waals surface area contributed by atoms with Crippen LogP contribution in [-0.4, -0.2) is 15.0 Å². The Balaban J connectivity index is 1.18. The Morgan fingerprint density at radius 2 is 0.906 bits per heavy atom. The molecule has 0 bridgehead atoms. The third-order valence-corrected chi connectivity index (χ3v) is 11.6. The average Bonchev–Trinajstić information content (AvgIpc) is 3.62. The van der Waals surface area contributed by atoms with Crippen LogP contribution in [0.2, 0.25) is 0 Å². The summed E-state index contributed by atoms with van der Waals surface area (Å²) >= 11 is 1.87. The minimum Gasteiger partial charge on any atom is -0.208 e. The molecule has 0 atom stereocenters. The molecule has 0 unspecified atom stereocenters. The van der Waals surface area contributed by atoms with Crippen LogP contribution >= 0.6 is 11.3 Å². The van der Waals surface area contributed by atoms with E-state index in [0.29, 0.717) is 17.5 Å². The smallest absolute Gasteiger partial charge is 0.165 e.